The molecule has 2 rings (SSSR count). The van der Waals surface area contributed by atoms with Gasteiger partial charge in [0.15, 0.2) is 11.5 Å². The Hall–Kier alpha value is -1.30. The van der Waals surface area contributed by atoms with E-state index in [0.29, 0.717) is 20.0 Å². The van der Waals surface area contributed by atoms with Crippen molar-refractivity contribution in [1.82, 2.24) is 5.32 Å². The fourth-order valence-corrected chi connectivity index (χ4v) is 2.04. The molecule has 0 spiro atoms. The molecule has 0 aromatic heterocycles. The van der Waals surface area contributed by atoms with Crippen molar-refractivity contribution in [3.63, 3.8) is 0 Å². The maximum atomic E-state index is 5.42. The predicted molar refractivity (Wildman–Crippen MR) is 76.3 cm³/mol. The van der Waals surface area contributed by atoms with Crippen LogP contribution in [0.15, 0.2) is 18.2 Å². The molecule has 1 heterocycles. The average molecular weight is 281 g/mol. The van der Waals surface area contributed by atoms with E-state index in [0.717, 1.165) is 31.1 Å². The van der Waals surface area contributed by atoms with Gasteiger partial charge in [-0.05, 0) is 37.6 Å². The number of rotatable bonds is 9. The molecule has 5 nitrogen and oxygen atoms in total. The van der Waals surface area contributed by atoms with Gasteiger partial charge in [0, 0.05) is 19.8 Å². The van der Waals surface area contributed by atoms with Gasteiger partial charge in [-0.2, -0.15) is 0 Å². The second-order valence-electron chi connectivity index (χ2n) is 4.75. The first-order valence-corrected chi connectivity index (χ1v) is 7.01. The lowest BCUT2D eigenvalue weighted by atomic mass is 10.1. The molecular weight excluding hydrogens is 258 g/mol. The standard InChI is InChI=1S/C15H23NO4/c1-12(16-6-3-7-18-9-8-17-2)13-4-5-14-15(10-13)20-11-19-14/h4-5,10,12,16H,3,6-9,11H2,1-2H3. The molecule has 1 aromatic rings. The molecule has 0 amide bonds. The topological polar surface area (TPSA) is 49.0 Å². The molecule has 1 atom stereocenters. The van der Waals surface area contributed by atoms with Gasteiger partial charge in [-0.3, -0.25) is 0 Å². The van der Waals surface area contributed by atoms with Gasteiger partial charge in [-0.15, -0.1) is 0 Å². The molecule has 1 aliphatic heterocycles. The van der Waals surface area contributed by atoms with Gasteiger partial charge in [0.25, 0.3) is 0 Å². The predicted octanol–water partition coefficient (Wildman–Crippen LogP) is 2.12. The zero-order chi connectivity index (χ0) is 14.2. The van der Waals surface area contributed by atoms with Gasteiger partial charge in [0.1, 0.15) is 0 Å². The lowest BCUT2D eigenvalue weighted by molar-refractivity contribution is 0.0693. The number of methoxy groups -OCH3 is 1. The van der Waals surface area contributed by atoms with Crippen molar-refractivity contribution in [1.29, 1.82) is 0 Å². The highest BCUT2D eigenvalue weighted by Crippen LogP contribution is 2.34. The minimum Gasteiger partial charge on any atom is -0.454 e. The third-order valence-corrected chi connectivity index (χ3v) is 3.24. The van der Waals surface area contributed by atoms with E-state index >= 15 is 0 Å². The zero-order valence-corrected chi connectivity index (χ0v) is 12.2. The summed E-state index contributed by atoms with van der Waals surface area (Å²) >= 11 is 0. The quantitative estimate of drug-likeness (QED) is 0.703. The monoisotopic (exact) mass is 281 g/mol. The molecule has 5 heteroatoms. The fourth-order valence-electron chi connectivity index (χ4n) is 2.04. The molecule has 0 fully saturated rings. The number of fused-ring (bicyclic) bond motifs is 1. The molecule has 20 heavy (non-hydrogen) atoms. The Balaban J connectivity index is 1.66. The molecular formula is C15H23NO4. The summed E-state index contributed by atoms with van der Waals surface area (Å²) in [6.45, 7) is 5.45. The number of benzene rings is 1. The van der Waals surface area contributed by atoms with Crippen LogP contribution in [-0.2, 0) is 9.47 Å². The van der Waals surface area contributed by atoms with Crippen molar-refractivity contribution < 1.29 is 18.9 Å². The maximum Gasteiger partial charge on any atom is 0.231 e. The number of hydrogen-bond donors (Lipinski definition) is 1. The zero-order valence-electron chi connectivity index (χ0n) is 12.2. The molecule has 0 bridgehead atoms. The summed E-state index contributed by atoms with van der Waals surface area (Å²) in [5.74, 6) is 1.66. The van der Waals surface area contributed by atoms with Gasteiger partial charge in [0.2, 0.25) is 6.79 Å². The maximum absolute atomic E-state index is 5.42. The molecule has 112 valence electrons. The van der Waals surface area contributed by atoms with Crippen LogP contribution in [0.5, 0.6) is 11.5 Å². The van der Waals surface area contributed by atoms with Crippen LogP contribution in [-0.4, -0.2) is 40.3 Å². The highest BCUT2D eigenvalue weighted by atomic mass is 16.7. The van der Waals surface area contributed by atoms with E-state index in [1.54, 1.807) is 7.11 Å². The third-order valence-electron chi connectivity index (χ3n) is 3.24. The van der Waals surface area contributed by atoms with Crippen molar-refractivity contribution in [3.05, 3.63) is 23.8 Å². The average Bonchev–Trinajstić information content (AvgIpc) is 2.93. The first-order chi connectivity index (χ1) is 9.81. The van der Waals surface area contributed by atoms with Crippen LogP contribution in [0, 0.1) is 0 Å². The SMILES string of the molecule is COCCOCCCNC(C)c1ccc2c(c1)OCO2. The molecule has 1 unspecified atom stereocenters. The summed E-state index contributed by atoms with van der Waals surface area (Å²) in [7, 11) is 1.68. The van der Waals surface area contributed by atoms with E-state index in [2.05, 4.69) is 18.3 Å². The van der Waals surface area contributed by atoms with Crippen LogP contribution < -0.4 is 14.8 Å². The smallest absolute Gasteiger partial charge is 0.231 e. The third kappa shape index (κ3) is 4.37. The van der Waals surface area contributed by atoms with E-state index in [9.17, 15) is 0 Å². The Morgan fingerprint density at radius 3 is 2.90 bits per heavy atom. The van der Waals surface area contributed by atoms with E-state index < -0.39 is 0 Å². The highest BCUT2D eigenvalue weighted by Gasteiger charge is 2.15. The van der Waals surface area contributed by atoms with Crippen molar-refractivity contribution >= 4 is 0 Å². The largest absolute Gasteiger partial charge is 0.454 e. The summed E-state index contributed by atoms with van der Waals surface area (Å²) < 4.78 is 21.0. The van der Waals surface area contributed by atoms with Gasteiger partial charge in [-0.25, -0.2) is 0 Å². The summed E-state index contributed by atoms with van der Waals surface area (Å²) in [6, 6.07) is 6.35. The molecule has 0 radical (unpaired) electrons. The minimum atomic E-state index is 0.281. The van der Waals surface area contributed by atoms with E-state index in [1.165, 1.54) is 5.56 Å². The molecule has 0 saturated carbocycles. The Morgan fingerprint density at radius 1 is 1.20 bits per heavy atom. The summed E-state index contributed by atoms with van der Waals surface area (Å²) in [5, 5.41) is 3.47. The Kier molecular flexibility index (Phi) is 6.11. The Labute approximate surface area is 120 Å². The number of nitrogens with one attached hydrogen (secondary N) is 1. The van der Waals surface area contributed by atoms with Gasteiger partial charge in [-0.1, -0.05) is 6.07 Å². The van der Waals surface area contributed by atoms with Gasteiger partial charge >= 0.3 is 0 Å². The molecule has 1 aliphatic rings. The lowest BCUT2D eigenvalue weighted by Crippen LogP contribution is -2.21. The normalized spacial score (nSPS) is 14.5. The van der Waals surface area contributed by atoms with Crippen LogP contribution in [0.3, 0.4) is 0 Å². The molecule has 0 saturated heterocycles. The van der Waals surface area contributed by atoms with Crippen molar-refractivity contribution in [2.24, 2.45) is 0 Å². The highest BCUT2D eigenvalue weighted by molar-refractivity contribution is 5.45. The molecule has 0 aliphatic carbocycles. The van der Waals surface area contributed by atoms with Gasteiger partial charge in [0.05, 0.1) is 13.2 Å². The van der Waals surface area contributed by atoms with Crippen LogP contribution >= 0.6 is 0 Å². The fraction of sp³-hybridized carbons (Fsp3) is 0.600. The molecule has 1 N–H and O–H groups in total. The first-order valence-electron chi connectivity index (χ1n) is 7.01. The Bertz CT molecular complexity index is 411. The van der Waals surface area contributed by atoms with Crippen LogP contribution in [0.25, 0.3) is 0 Å². The summed E-state index contributed by atoms with van der Waals surface area (Å²) in [6.07, 6.45) is 0.985. The van der Waals surface area contributed by atoms with Crippen molar-refractivity contribution in [2.75, 3.05) is 40.3 Å². The second-order valence-corrected chi connectivity index (χ2v) is 4.75. The summed E-state index contributed by atoms with van der Waals surface area (Å²) in [4.78, 5) is 0. The Morgan fingerprint density at radius 2 is 2.05 bits per heavy atom. The van der Waals surface area contributed by atoms with E-state index in [1.807, 2.05) is 12.1 Å². The number of hydrogen-bond acceptors (Lipinski definition) is 5. The van der Waals surface area contributed by atoms with E-state index in [-0.39, 0.29) is 6.04 Å². The summed E-state index contributed by atoms with van der Waals surface area (Å²) in [5.41, 5.74) is 1.20. The second kappa shape index (κ2) is 8.09. The van der Waals surface area contributed by atoms with E-state index in [4.69, 9.17) is 18.9 Å². The number of ether oxygens (including phenoxy) is 4. The van der Waals surface area contributed by atoms with Crippen LogP contribution in [0.4, 0.5) is 0 Å². The van der Waals surface area contributed by atoms with Crippen molar-refractivity contribution in [2.45, 2.75) is 19.4 Å². The van der Waals surface area contributed by atoms with Crippen molar-refractivity contribution in [3.8, 4) is 11.5 Å². The van der Waals surface area contributed by atoms with Crippen LogP contribution in [0.1, 0.15) is 24.9 Å². The molecule has 1 aromatic carbocycles. The minimum absolute atomic E-state index is 0.281. The first kappa shape index (κ1) is 15.1. The van der Waals surface area contributed by atoms with Crippen LogP contribution in [0.2, 0.25) is 0 Å². The lowest BCUT2D eigenvalue weighted by Gasteiger charge is -2.14. The van der Waals surface area contributed by atoms with Gasteiger partial charge < -0.3 is 24.3 Å².